The second kappa shape index (κ2) is 10.7. The van der Waals surface area contributed by atoms with E-state index in [4.69, 9.17) is 4.74 Å². The largest absolute Gasteiger partial charge is 0.492 e. The zero-order valence-corrected chi connectivity index (χ0v) is 22.5. The smallest absolute Gasteiger partial charge is 0.244 e. The van der Waals surface area contributed by atoms with Crippen LogP contribution in [0.3, 0.4) is 0 Å². The van der Waals surface area contributed by atoms with Crippen molar-refractivity contribution in [1.29, 1.82) is 0 Å². The van der Waals surface area contributed by atoms with Gasteiger partial charge in [-0.2, -0.15) is 0 Å². The van der Waals surface area contributed by atoms with Gasteiger partial charge in [-0.15, -0.1) is 0 Å². The predicted molar refractivity (Wildman–Crippen MR) is 133 cm³/mol. The van der Waals surface area contributed by atoms with Gasteiger partial charge >= 0.3 is 0 Å². The van der Waals surface area contributed by atoms with E-state index in [9.17, 15) is 26.7 Å². The molecule has 3 rings (SSSR count). The van der Waals surface area contributed by atoms with E-state index in [-0.39, 0.29) is 36.3 Å². The lowest BCUT2D eigenvalue weighted by Gasteiger charge is -2.44. The Morgan fingerprint density at radius 2 is 1.94 bits per heavy atom. The summed E-state index contributed by atoms with van der Waals surface area (Å²) in [6.45, 7) is 5.73. The van der Waals surface area contributed by atoms with Gasteiger partial charge in [-0.25, -0.2) is 21.6 Å². The highest BCUT2D eigenvalue weighted by Gasteiger charge is 2.39. The zero-order chi connectivity index (χ0) is 26.0. The monoisotopic (exact) mass is 531 g/mol. The van der Waals surface area contributed by atoms with E-state index in [1.54, 1.807) is 17.0 Å². The van der Waals surface area contributed by atoms with E-state index < -0.39 is 43.0 Å². The third kappa shape index (κ3) is 7.39. The summed E-state index contributed by atoms with van der Waals surface area (Å²) in [5.74, 6) is -0.494. The van der Waals surface area contributed by atoms with Crippen LogP contribution in [0.1, 0.15) is 38.2 Å². The molecule has 2 aliphatic heterocycles. The topological polar surface area (TPSA) is 133 Å². The third-order valence-electron chi connectivity index (χ3n) is 6.66. The van der Waals surface area contributed by atoms with Gasteiger partial charge in [0.1, 0.15) is 16.4 Å². The standard InChI is InChI=1S/C23H37N3O7S2/c1-17(2)18-5-6-21-20(11-18)33-16-23(15-25(3)13-19(27)12-24-35(21,31)32)7-9-26(10-8-23)22(28)14-34(4,29)30/h5-6,11,17,19,24,27H,7-10,12-16H2,1-4H3. The molecule has 0 saturated carbocycles. The predicted octanol–water partition coefficient (Wildman–Crippen LogP) is 0.427. The van der Waals surface area contributed by atoms with Crippen LogP contribution in [-0.2, 0) is 24.7 Å². The number of likely N-dealkylation sites (N-methyl/N-ethyl adjacent to an activating group) is 1. The second-order valence-corrected chi connectivity index (χ2v) is 14.2. The van der Waals surface area contributed by atoms with E-state index >= 15 is 0 Å². The molecule has 0 aliphatic carbocycles. The van der Waals surface area contributed by atoms with Crippen molar-refractivity contribution in [3.8, 4) is 5.75 Å². The Kier molecular flexibility index (Phi) is 8.53. The van der Waals surface area contributed by atoms with Crippen LogP contribution in [0.2, 0.25) is 0 Å². The number of sulfonamides is 1. The van der Waals surface area contributed by atoms with Crippen molar-refractivity contribution in [3.63, 3.8) is 0 Å². The summed E-state index contributed by atoms with van der Waals surface area (Å²) in [5.41, 5.74) is 0.538. The fourth-order valence-corrected chi connectivity index (χ4v) is 6.52. The number of aliphatic hydroxyl groups is 1. The van der Waals surface area contributed by atoms with Crippen LogP contribution in [0.5, 0.6) is 5.75 Å². The molecule has 1 fully saturated rings. The van der Waals surface area contributed by atoms with Crippen LogP contribution in [0.4, 0.5) is 0 Å². The molecule has 2 heterocycles. The van der Waals surface area contributed by atoms with Gasteiger partial charge < -0.3 is 19.6 Å². The van der Waals surface area contributed by atoms with Crippen molar-refractivity contribution in [3.05, 3.63) is 23.8 Å². The number of likely N-dealkylation sites (tertiary alicyclic amines) is 1. The second-order valence-electron chi connectivity index (χ2n) is 10.3. The first kappa shape index (κ1) is 27.9. The van der Waals surface area contributed by atoms with Crippen LogP contribution < -0.4 is 9.46 Å². The van der Waals surface area contributed by atoms with Gasteiger partial charge in [-0.05, 0) is 43.5 Å². The molecule has 1 aromatic rings. The summed E-state index contributed by atoms with van der Waals surface area (Å²) in [7, 11) is -5.47. The molecule has 0 aromatic heterocycles. The average molecular weight is 532 g/mol. The molecule has 1 spiro atoms. The first-order valence-electron chi connectivity index (χ1n) is 11.8. The maximum absolute atomic E-state index is 13.0. The molecule has 198 valence electrons. The number of carbonyl (C=O) groups is 1. The summed E-state index contributed by atoms with van der Waals surface area (Å²) in [4.78, 5) is 16.0. The van der Waals surface area contributed by atoms with Crippen molar-refractivity contribution in [1.82, 2.24) is 14.5 Å². The lowest BCUT2D eigenvalue weighted by Crippen LogP contribution is -2.52. The van der Waals surface area contributed by atoms with Gasteiger partial charge in [0.05, 0.1) is 12.7 Å². The average Bonchev–Trinajstić information content (AvgIpc) is 2.75. The number of piperidine rings is 1. The highest BCUT2D eigenvalue weighted by Crippen LogP contribution is 2.36. The first-order chi connectivity index (χ1) is 16.2. The molecule has 2 aliphatic rings. The van der Waals surface area contributed by atoms with Crippen LogP contribution in [0.15, 0.2) is 23.1 Å². The minimum Gasteiger partial charge on any atom is -0.492 e. The van der Waals surface area contributed by atoms with Crippen molar-refractivity contribution in [2.24, 2.45) is 5.41 Å². The van der Waals surface area contributed by atoms with Gasteiger partial charge in [-0.3, -0.25) is 4.79 Å². The minimum atomic E-state index is -3.91. The van der Waals surface area contributed by atoms with E-state index in [1.807, 2.05) is 25.8 Å². The number of nitrogens with one attached hydrogen (secondary N) is 1. The Bertz CT molecular complexity index is 1130. The Hall–Kier alpha value is -1.73. The maximum atomic E-state index is 13.0. The van der Waals surface area contributed by atoms with Gasteiger partial charge in [-0.1, -0.05) is 19.9 Å². The number of aliphatic hydroxyl groups excluding tert-OH is 1. The van der Waals surface area contributed by atoms with Crippen LogP contribution in [0.25, 0.3) is 0 Å². The number of ether oxygens (including phenoxy) is 1. The normalized spacial score (nSPS) is 23.7. The number of rotatable bonds is 3. The fourth-order valence-electron chi connectivity index (χ4n) is 4.69. The van der Waals surface area contributed by atoms with Crippen molar-refractivity contribution in [2.45, 2.75) is 43.6 Å². The van der Waals surface area contributed by atoms with Gasteiger partial charge in [0.15, 0.2) is 9.84 Å². The van der Waals surface area contributed by atoms with E-state index in [1.165, 1.54) is 6.07 Å². The summed E-state index contributed by atoms with van der Waals surface area (Å²) in [6, 6.07) is 5.06. The quantitative estimate of drug-likeness (QED) is 0.574. The molecule has 0 bridgehead atoms. The molecule has 1 aromatic carbocycles. The lowest BCUT2D eigenvalue weighted by atomic mass is 9.78. The van der Waals surface area contributed by atoms with Gasteiger partial charge in [0.2, 0.25) is 15.9 Å². The number of carbonyl (C=O) groups excluding carboxylic acids is 1. The van der Waals surface area contributed by atoms with Crippen LogP contribution in [0, 0.1) is 5.41 Å². The first-order valence-corrected chi connectivity index (χ1v) is 15.3. The van der Waals surface area contributed by atoms with Crippen molar-refractivity contribution in [2.75, 3.05) is 58.4 Å². The molecule has 1 saturated heterocycles. The third-order valence-corrected chi connectivity index (χ3v) is 8.89. The number of hydrogen-bond acceptors (Lipinski definition) is 8. The number of amides is 1. The van der Waals surface area contributed by atoms with Crippen LogP contribution in [-0.4, -0.2) is 102 Å². The Morgan fingerprint density at radius 1 is 1.29 bits per heavy atom. The summed E-state index contributed by atoms with van der Waals surface area (Å²) in [5, 5.41) is 10.5. The minimum absolute atomic E-state index is 0.0268. The highest BCUT2D eigenvalue weighted by atomic mass is 32.2. The molecular formula is C23H37N3O7S2. The number of fused-ring (bicyclic) bond motifs is 1. The number of sulfone groups is 1. The number of benzene rings is 1. The molecule has 35 heavy (non-hydrogen) atoms. The molecule has 1 atom stereocenters. The molecule has 1 unspecified atom stereocenters. The molecular weight excluding hydrogens is 494 g/mol. The van der Waals surface area contributed by atoms with Gasteiger partial charge in [0, 0.05) is 44.4 Å². The number of β-amino-alcohol motifs (C(OH)–C–C–N with tert-alkyl or cyclic N) is 1. The summed E-state index contributed by atoms with van der Waals surface area (Å²) < 4.78 is 57.8. The molecule has 10 nitrogen and oxygen atoms in total. The summed E-state index contributed by atoms with van der Waals surface area (Å²) in [6.07, 6.45) is 1.27. The Balaban J connectivity index is 1.90. The summed E-state index contributed by atoms with van der Waals surface area (Å²) >= 11 is 0. The lowest BCUT2D eigenvalue weighted by molar-refractivity contribution is -0.131. The highest BCUT2D eigenvalue weighted by molar-refractivity contribution is 7.91. The molecule has 0 radical (unpaired) electrons. The Morgan fingerprint density at radius 3 is 2.54 bits per heavy atom. The van der Waals surface area contributed by atoms with Gasteiger partial charge in [0.25, 0.3) is 0 Å². The number of nitrogens with zero attached hydrogens (tertiary/aromatic N) is 2. The van der Waals surface area contributed by atoms with Crippen LogP contribution >= 0.6 is 0 Å². The molecule has 1 amide bonds. The van der Waals surface area contributed by atoms with E-state index in [0.29, 0.717) is 32.5 Å². The zero-order valence-electron chi connectivity index (χ0n) is 20.9. The van der Waals surface area contributed by atoms with Crippen molar-refractivity contribution < 1.29 is 31.5 Å². The molecule has 2 N–H and O–H groups in total. The Labute approximate surface area is 208 Å². The fraction of sp³-hybridized carbons (Fsp3) is 0.696. The molecule has 12 heteroatoms. The van der Waals surface area contributed by atoms with E-state index in [2.05, 4.69) is 4.72 Å². The maximum Gasteiger partial charge on any atom is 0.244 e. The number of hydrogen-bond donors (Lipinski definition) is 2. The van der Waals surface area contributed by atoms with Crippen molar-refractivity contribution >= 4 is 25.8 Å². The SMILES string of the molecule is CC(C)c1ccc2c(c1)OCC1(CCN(C(=O)CS(C)(=O)=O)CC1)CN(C)CC(O)CNS2(=O)=O. The van der Waals surface area contributed by atoms with E-state index in [0.717, 1.165) is 11.8 Å².